The number of para-hydroxylation sites is 2. The van der Waals surface area contributed by atoms with Gasteiger partial charge in [0.2, 0.25) is 5.91 Å². The molecule has 1 N–H and O–H groups in total. The summed E-state index contributed by atoms with van der Waals surface area (Å²) in [6, 6.07) is 14.5. The first kappa shape index (κ1) is 14.6. The van der Waals surface area contributed by atoms with Crippen molar-refractivity contribution in [3.63, 3.8) is 0 Å². The molecule has 0 aliphatic carbocycles. The van der Waals surface area contributed by atoms with Crippen LogP contribution in [0.2, 0.25) is 0 Å². The maximum absolute atomic E-state index is 12.8. The summed E-state index contributed by atoms with van der Waals surface area (Å²) in [4.78, 5) is 14.7. The normalized spacial score (nSPS) is 17.7. The van der Waals surface area contributed by atoms with E-state index >= 15 is 0 Å². The minimum atomic E-state index is -0.0301. The number of nitrogens with one attached hydrogen (secondary N) is 1. The van der Waals surface area contributed by atoms with E-state index in [-0.39, 0.29) is 11.8 Å². The Labute approximate surface area is 132 Å². The maximum Gasteiger partial charge on any atom is 0.231 e. The van der Waals surface area contributed by atoms with Gasteiger partial charge in [-0.25, -0.2) is 0 Å². The minimum absolute atomic E-state index is 0.0301. The Morgan fingerprint density at radius 3 is 2.77 bits per heavy atom. The van der Waals surface area contributed by atoms with Crippen LogP contribution < -0.4 is 10.2 Å². The molecule has 2 aromatic rings. The van der Waals surface area contributed by atoms with Crippen LogP contribution in [0.4, 0.5) is 11.4 Å². The maximum atomic E-state index is 12.8. The molecule has 0 radical (unpaired) electrons. The first-order valence-corrected chi connectivity index (χ1v) is 7.76. The number of nitrogens with zero attached hydrogens (tertiary/aromatic N) is 1. The van der Waals surface area contributed by atoms with Gasteiger partial charge in [-0.3, -0.25) is 4.79 Å². The molecule has 0 saturated heterocycles. The molecule has 3 rings (SSSR count). The fraction of sp³-hybridized carbons (Fsp3) is 0.316. The molecule has 0 unspecified atom stereocenters. The van der Waals surface area contributed by atoms with Crippen LogP contribution in [0.3, 0.4) is 0 Å². The van der Waals surface area contributed by atoms with E-state index in [1.54, 1.807) is 0 Å². The fourth-order valence-corrected chi connectivity index (χ4v) is 2.90. The van der Waals surface area contributed by atoms with Crippen molar-refractivity contribution < 1.29 is 4.79 Å². The topological polar surface area (TPSA) is 32.3 Å². The highest BCUT2D eigenvalue weighted by Gasteiger charge is 2.27. The number of hydrogen-bond acceptors (Lipinski definition) is 2. The standard InChI is InChI=1S/C19H22N2O/c1-13-8-9-14(2)16(10-13)12-21-18-7-5-4-6-17(18)20-11-15(3)19(21)22/h4-10,15,20H,11-12H2,1-3H3/t15-/m1/s1. The van der Waals surface area contributed by atoms with E-state index in [2.05, 4.69) is 37.4 Å². The minimum Gasteiger partial charge on any atom is -0.383 e. The van der Waals surface area contributed by atoms with Gasteiger partial charge in [0.05, 0.1) is 23.8 Å². The molecule has 22 heavy (non-hydrogen) atoms. The SMILES string of the molecule is Cc1ccc(C)c(CN2C(=O)[C@H](C)CNc3ccccc32)c1. The number of fused-ring (bicyclic) bond motifs is 1. The number of aryl methyl sites for hydroxylation is 2. The van der Waals surface area contributed by atoms with Gasteiger partial charge in [-0.15, -0.1) is 0 Å². The van der Waals surface area contributed by atoms with Gasteiger partial charge in [-0.2, -0.15) is 0 Å². The van der Waals surface area contributed by atoms with Crippen LogP contribution in [-0.4, -0.2) is 12.5 Å². The molecule has 1 aliphatic heterocycles. The summed E-state index contributed by atoms with van der Waals surface area (Å²) in [5.74, 6) is 0.149. The van der Waals surface area contributed by atoms with Gasteiger partial charge >= 0.3 is 0 Å². The Morgan fingerprint density at radius 2 is 1.95 bits per heavy atom. The molecule has 3 nitrogen and oxygen atoms in total. The monoisotopic (exact) mass is 294 g/mol. The number of rotatable bonds is 2. The van der Waals surface area contributed by atoms with E-state index in [0.717, 1.165) is 11.4 Å². The lowest BCUT2D eigenvalue weighted by Gasteiger charge is -2.25. The summed E-state index contributed by atoms with van der Waals surface area (Å²) in [5, 5.41) is 3.38. The number of carbonyl (C=O) groups excluding carboxylic acids is 1. The molecule has 0 fully saturated rings. The first-order valence-electron chi connectivity index (χ1n) is 7.76. The van der Waals surface area contributed by atoms with Gasteiger partial charge in [0.25, 0.3) is 0 Å². The van der Waals surface area contributed by atoms with Crippen molar-refractivity contribution in [1.29, 1.82) is 0 Å². The van der Waals surface area contributed by atoms with E-state index in [1.165, 1.54) is 16.7 Å². The van der Waals surface area contributed by atoms with Crippen molar-refractivity contribution in [2.24, 2.45) is 5.92 Å². The van der Waals surface area contributed by atoms with Crippen molar-refractivity contribution in [3.05, 3.63) is 59.2 Å². The smallest absolute Gasteiger partial charge is 0.231 e. The summed E-state index contributed by atoms with van der Waals surface area (Å²) in [5.41, 5.74) is 5.66. The zero-order chi connectivity index (χ0) is 15.7. The summed E-state index contributed by atoms with van der Waals surface area (Å²) >= 11 is 0. The number of anilines is 2. The first-order chi connectivity index (χ1) is 10.6. The molecule has 1 amide bonds. The van der Waals surface area contributed by atoms with Crippen molar-refractivity contribution in [3.8, 4) is 0 Å². The number of carbonyl (C=O) groups is 1. The van der Waals surface area contributed by atoms with Gasteiger partial charge < -0.3 is 10.2 Å². The molecule has 0 spiro atoms. The molecule has 1 heterocycles. The molecule has 0 bridgehead atoms. The molecule has 1 atom stereocenters. The van der Waals surface area contributed by atoms with Crippen LogP contribution in [0.25, 0.3) is 0 Å². The average Bonchev–Trinajstić information content (AvgIpc) is 2.63. The van der Waals surface area contributed by atoms with Crippen LogP contribution in [-0.2, 0) is 11.3 Å². The van der Waals surface area contributed by atoms with Gasteiger partial charge in [-0.05, 0) is 37.1 Å². The Morgan fingerprint density at radius 1 is 1.18 bits per heavy atom. The second-order valence-corrected chi connectivity index (χ2v) is 6.15. The third kappa shape index (κ3) is 2.71. The molecule has 0 saturated carbocycles. The van der Waals surface area contributed by atoms with Gasteiger partial charge in [0.1, 0.15) is 0 Å². The summed E-state index contributed by atoms with van der Waals surface area (Å²) in [6.07, 6.45) is 0. The second kappa shape index (κ2) is 5.84. The van der Waals surface area contributed by atoms with Gasteiger partial charge in [0, 0.05) is 6.54 Å². The lowest BCUT2D eigenvalue weighted by Crippen LogP contribution is -2.35. The van der Waals surface area contributed by atoms with Crippen molar-refractivity contribution >= 4 is 17.3 Å². The lowest BCUT2D eigenvalue weighted by molar-refractivity contribution is -0.121. The van der Waals surface area contributed by atoms with E-state index in [9.17, 15) is 4.79 Å². The predicted molar refractivity (Wildman–Crippen MR) is 91.2 cm³/mol. The van der Waals surface area contributed by atoms with Crippen LogP contribution >= 0.6 is 0 Å². The molecule has 1 aliphatic rings. The van der Waals surface area contributed by atoms with Gasteiger partial charge in [0.15, 0.2) is 0 Å². The highest BCUT2D eigenvalue weighted by atomic mass is 16.2. The summed E-state index contributed by atoms with van der Waals surface area (Å²) < 4.78 is 0. The third-order valence-corrected chi connectivity index (χ3v) is 4.31. The van der Waals surface area contributed by atoms with E-state index in [0.29, 0.717) is 13.1 Å². The van der Waals surface area contributed by atoms with E-state index in [4.69, 9.17) is 0 Å². The predicted octanol–water partition coefficient (Wildman–Crippen LogP) is 3.90. The Balaban J connectivity index is 2.02. The van der Waals surface area contributed by atoms with Crippen molar-refractivity contribution in [2.75, 3.05) is 16.8 Å². The summed E-state index contributed by atoms with van der Waals surface area (Å²) in [7, 11) is 0. The molecule has 2 aromatic carbocycles. The molecule has 114 valence electrons. The highest BCUT2D eigenvalue weighted by molar-refractivity contribution is 5.99. The number of amides is 1. The largest absolute Gasteiger partial charge is 0.383 e. The molecule has 0 aromatic heterocycles. The van der Waals surface area contributed by atoms with Crippen LogP contribution in [0.1, 0.15) is 23.6 Å². The summed E-state index contributed by atoms with van der Waals surface area (Å²) in [6.45, 7) is 7.47. The molecule has 3 heteroatoms. The number of benzene rings is 2. The quantitative estimate of drug-likeness (QED) is 0.911. The third-order valence-electron chi connectivity index (χ3n) is 4.31. The van der Waals surface area contributed by atoms with E-state index < -0.39 is 0 Å². The van der Waals surface area contributed by atoms with Crippen LogP contribution in [0.5, 0.6) is 0 Å². The van der Waals surface area contributed by atoms with Crippen LogP contribution in [0, 0.1) is 19.8 Å². The zero-order valence-corrected chi connectivity index (χ0v) is 13.4. The van der Waals surface area contributed by atoms with Crippen molar-refractivity contribution in [2.45, 2.75) is 27.3 Å². The molecular formula is C19H22N2O. The number of hydrogen-bond donors (Lipinski definition) is 1. The van der Waals surface area contributed by atoms with Gasteiger partial charge in [-0.1, -0.05) is 42.8 Å². The molecular weight excluding hydrogens is 272 g/mol. The average molecular weight is 294 g/mol. The Kier molecular flexibility index (Phi) is 3.88. The Bertz CT molecular complexity index is 708. The zero-order valence-electron chi connectivity index (χ0n) is 13.4. The Hall–Kier alpha value is -2.29. The fourth-order valence-electron chi connectivity index (χ4n) is 2.90. The highest BCUT2D eigenvalue weighted by Crippen LogP contribution is 2.31. The van der Waals surface area contributed by atoms with E-state index in [1.807, 2.05) is 36.1 Å². The lowest BCUT2D eigenvalue weighted by atomic mass is 10.0. The second-order valence-electron chi connectivity index (χ2n) is 6.15. The van der Waals surface area contributed by atoms with Crippen LogP contribution in [0.15, 0.2) is 42.5 Å². The van der Waals surface area contributed by atoms with Crippen molar-refractivity contribution in [1.82, 2.24) is 0 Å².